The van der Waals surface area contributed by atoms with E-state index in [9.17, 15) is 19.2 Å². The molecule has 160 valence electrons. The van der Waals surface area contributed by atoms with Crippen LogP contribution >= 0.6 is 0 Å². The van der Waals surface area contributed by atoms with Crippen molar-refractivity contribution in [3.05, 3.63) is 41.2 Å². The van der Waals surface area contributed by atoms with Crippen LogP contribution in [0.4, 0.5) is 9.18 Å². The predicted octanol–water partition coefficient (Wildman–Crippen LogP) is 3.52. The number of nitrogens with one attached hydrogen (secondary N) is 2. The number of carbonyl (C=O) groups excluding carboxylic acids is 2. The van der Waals surface area contributed by atoms with E-state index in [1.54, 1.807) is 11.0 Å². The van der Waals surface area contributed by atoms with Gasteiger partial charge in [-0.15, -0.1) is 0 Å². The highest BCUT2D eigenvalue weighted by Gasteiger charge is 2.45. The van der Waals surface area contributed by atoms with E-state index in [2.05, 4.69) is 16.7 Å². The van der Waals surface area contributed by atoms with E-state index in [0.717, 1.165) is 11.1 Å². The Morgan fingerprint density at radius 1 is 1.33 bits per heavy atom. The Kier molecular flexibility index (Phi) is 6.45. The van der Waals surface area contributed by atoms with Crippen LogP contribution in [0.1, 0.15) is 50.7 Å². The second-order valence-electron chi connectivity index (χ2n) is 8.72. The van der Waals surface area contributed by atoms with Crippen molar-refractivity contribution in [2.75, 3.05) is 13.1 Å². The van der Waals surface area contributed by atoms with Gasteiger partial charge in [0.25, 0.3) is 0 Å². The quantitative estimate of drug-likeness (QED) is 0.750. The highest BCUT2D eigenvalue weighted by Crippen LogP contribution is 2.34. The average molecular weight is 413 g/mol. The smallest absolute Gasteiger partial charge is 0.318 e. The lowest BCUT2D eigenvalue weighted by Gasteiger charge is -2.29. The molecule has 3 amide bonds. The molecule has 0 radical (unpaired) electrons. The molecule has 0 aromatic heterocycles. The van der Waals surface area contributed by atoms with Crippen molar-refractivity contribution in [3.63, 3.8) is 0 Å². The summed E-state index contributed by atoms with van der Waals surface area (Å²) in [5, 5.41) is 14.8. The molecule has 6 nitrogen and oxygen atoms in total. The molecular formula is C23H29FN4O2. The van der Waals surface area contributed by atoms with E-state index in [0.29, 0.717) is 44.3 Å². The van der Waals surface area contributed by atoms with Crippen LogP contribution in [0.15, 0.2) is 24.3 Å². The molecule has 1 aromatic carbocycles. The molecular weight excluding hydrogens is 383 g/mol. The summed E-state index contributed by atoms with van der Waals surface area (Å²) < 4.78 is 14.2. The zero-order chi connectivity index (χ0) is 21.9. The molecule has 3 rings (SSSR count). The van der Waals surface area contributed by atoms with Gasteiger partial charge in [-0.1, -0.05) is 31.6 Å². The van der Waals surface area contributed by atoms with Gasteiger partial charge in [0.15, 0.2) is 0 Å². The monoisotopic (exact) mass is 412 g/mol. The van der Waals surface area contributed by atoms with Gasteiger partial charge in [-0.3, -0.25) is 4.79 Å². The van der Waals surface area contributed by atoms with Crippen LogP contribution in [0.5, 0.6) is 0 Å². The van der Waals surface area contributed by atoms with Crippen molar-refractivity contribution in [2.45, 2.75) is 58.0 Å². The molecule has 1 fully saturated rings. The van der Waals surface area contributed by atoms with E-state index in [4.69, 9.17) is 0 Å². The van der Waals surface area contributed by atoms with E-state index in [1.807, 2.05) is 32.9 Å². The fourth-order valence-electron chi connectivity index (χ4n) is 3.64. The molecule has 1 atom stereocenters. The fourth-order valence-corrected chi connectivity index (χ4v) is 3.64. The van der Waals surface area contributed by atoms with Gasteiger partial charge in [0.05, 0.1) is 6.07 Å². The van der Waals surface area contributed by atoms with Crippen LogP contribution in [0.25, 0.3) is 5.57 Å². The highest BCUT2D eigenvalue weighted by atomic mass is 19.1. The van der Waals surface area contributed by atoms with Crippen LogP contribution in [0, 0.1) is 30.0 Å². The van der Waals surface area contributed by atoms with Gasteiger partial charge in [-0.25, -0.2) is 9.18 Å². The summed E-state index contributed by atoms with van der Waals surface area (Å²) in [6, 6.07) is 6.15. The van der Waals surface area contributed by atoms with Gasteiger partial charge in [-0.05, 0) is 56.2 Å². The molecule has 2 aliphatic rings. The normalized spacial score (nSPS) is 18.3. The predicted molar refractivity (Wildman–Crippen MR) is 113 cm³/mol. The van der Waals surface area contributed by atoms with Crippen LogP contribution in [0.3, 0.4) is 0 Å². The number of rotatable bonds is 6. The maximum Gasteiger partial charge on any atom is 0.318 e. The molecule has 1 aromatic rings. The third kappa shape index (κ3) is 5.18. The summed E-state index contributed by atoms with van der Waals surface area (Å²) >= 11 is 0. The molecule has 1 unspecified atom stereocenters. The Balaban J connectivity index is 1.63. The van der Waals surface area contributed by atoms with E-state index in [-0.39, 0.29) is 23.7 Å². The summed E-state index contributed by atoms with van der Waals surface area (Å²) in [6.07, 6.45) is 4.20. The number of nitrogens with zero attached hydrogens (tertiary/aromatic N) is 2. The minimum absolute atomic E-state index is 0.204. The number of carbonyl (C=O) groups is 2. The molecule has 0 saturated heterocycles. The first kappa shape index (κ1) is 21.8. The first-order valence-electron chi connectivity index (χ1n) is 10.5. The zero-order valence-corrected chi connectivity index (χ0v) is 17.8. The van der Waals surface area contributed by atoms with Gasteiger partial charge >= 0.3 is 6.03 Å². The van der Waals surface area contributed by atoms with Gasteiger partial charge in [-0.2, -0.15) is 5.26 Å². The number of halogens is 1. The van der Waals surface area contributed by atoms with Crippen molar-refractivity contribution in [1.82, 2.24) is 15.5 Å². The Hall–Kier alpha value is -2.88. The van der Waals surface area contributed by atoms with Gasteiger partial charge in [0.1, 0.15) is 17.4 Å². The second kappa shape index (κ2) is 8.86. The van der Waals surface area contributed by atoms with Crippen LogP contribution in [-0.2, 0) is 4.79 Å². The molecule has 1 aliphatic carbocycles. The third-order valence-corrected chi connectivity index (χ3v) is 5.61. The number of urea groups is 1. The van der Waals surface area contributed by atoms with Crippen molar-refractivity contribution >= 4 is 17.5 Å². The number of nitriles is 1. The van der Waals surface area contributed by atoms with E-state index in [1.165, 1.54) is 6.07 Å². The Morgan fingerprint density at radius 3 is 2.63 bits per heavy atom. The van der Waals surface area contributed by atoms with Crippen LogP contribution in [0.2, 0.25) is 0 Å². The van der Waals surface area contributed by atoms with Crippen molar-refractivity contribution < 1.29 is 14.0 Å². The SMILES string of the molecule is Cc1ccc(F)c(C2=CCN(C(=O)NC(CC(C)C)C(=O)NC3(C#N)CC3)CC2)c1. The standard InChI is InChI=1S/C23H29FN4O2/c1-15(2)12-20(21(29)27-23(14-25)8-9-23)26-22(30)28-10-6-17(7-11-28)18-13-16(3)4-5-19(18)24/h4-6,13,15,20H,7-12H2,1-3H3,(H,26,30)(H,27,29). The first-order chi connectivity index (χ1) is 14.2. The van der Waals surface area contributed by atoms with Gasteiger partial charge < -0.3 is 15.5 Å². The molecule has 1 aliphatic heterocycles. The lowest BCUT2D eigenvalue weighted by molar-refractivity contribution is -0.123. The number of hydrogen-bond acceptors (Lipinski definition) is 3. The zero-order valence-electron chi connectivity index (χ0n) is 17.8. The molecule has 2 N–H and O–H groups in total. The minimum atomic E-state index is -0.766. The molecule has 0 spiro atoms. The van der Waals surface area contributed by atoms with Crippen LogP contribution < -0.4 is 10.6 Å². The van der Waals surface area contributed by atoms with Gasteiger partial charge in [0, 0.05) is 18.7 Å². The van der Waals surface area contributed by atoms with E-state index >= 15 is 0 Å². The largest absolute Gasteiger partial charge is 0.336 e. The molecule has 7 heteroatoms. The number of benzene rings is 1. The lowest BCUT2D eigenvalue weighted by Crippen LogP contribution is -2.54. The summed E-state index contributed by atoms with van der Waals surface area (Å²) in [5.74, 6) is -0.369. The number of aryl methyl sites for hydroxylation is 1. The molecule has 0 bridgehead atoms. The highest BCUT2D eigenvalue weighted by molar-refractivity contribution is 5.88. The molecule has 30 heavy (non-hydrogen) atoms. The number of amides is 3. The van der Waals surface area contributed by atoms with Crippen molar-refractivity contribution in [3.8, 4) is 6.07 Å². The fraction of sp³-hybridized carbons (Fsp3) is 0.522. The topological polar surface area (TPSA) is 85.2 Å². The Morgan fingerprint density at radius 2 is 2.07 bits per heavy atom. The summed E-state index contributed by atoms with van der Waals surface area (Å²) in [5.41, 5.74) is 1.69. The third-order valence-electron chi connectivity index (χ3n) is 5.61. The Bertz CT molecular complexity index is 899. The first-order valence-corrected chi connectivity index (χ1v) is 10.5. The Labute approximate surface area is 177 Å². The van der Waals surface area contributed by atoms with Crippen LogP contribution in [-0.4, -0.2) is 41.5 Å². The summed E-state index contributed by atoms with van der Waals surface area (Å²) in [6.45, 7) is 6.69. The maximum atomic E-state index is 14.2. The van der Waals surface area contributed by atoms with Gasteiger partial charge in [0.2, 0.25) is 5.91 Å². The van der Waals surface area contributed by atoms with E-state index < -0.39 is 11.6 Å². The minimum Gasteiger partial charge on any atom is -0.336 e. The van der Waals surface area contributed by atoms with Crippen molar-refractivity contribution in [1.29, 1.82) is 5.26 Å². The van der Waals surface area contributed by atoms with Crippen molar-refractivity contribution in [2.24, 2.45) is 5.92 Å². The summed E-state index contributed by atoms with van der Waals surface area (Å²) in [7, 11) is 0. The maximum absolute atomic E-state index is 14.2. The molecule has 1 heterocycles. The number of hydrogen-bond donors (Lipinski definition) is 2. The second-order valence-corrected chi connectivity index (χ2v) is 8.72. The summed E-state index contributed by atoms with van der Waals surface area (Å²) in [4.78, 5) is 27.1. The average Bonchev–Trinajstić information content (AvgIpc) is 3.49. The molecule has 1 saturated carbocycles. The lowest BCUT2D eigenvalue weighted by atomic mass is 9.97.